The third-order valence-electron chi connectivity index (χ3n) is 5.23. The molecule has 5 nitrogen and oxygen atoms in total. The van der Waals surface area contributed by atoms with Crippen molar-refractivity contribution in [2.75, 3.05) is 6.54 Å². The molecular formula is C19H22F2N2O3. The van der Waals surface area contributed by atoms with E-state index in [1.165, 1.54) is 11.0 Å². The number of nitrogens with zero attached hydrogens (tertiary/aromatic N) is 1. The lowest BCUT2D eigenvalue weighted by molar-refractivity contribution is -0.144. The van der Waals surface area contributed by atoms with E-state index in [-0.39, 0.29) is 27.9 Å². The number of aliphatic carboxylic acids is 1. The molecule has 2 unspecified atom stereocenters. The van der Waals surface area contributed by atoms with Gasteiger partial charge in [0, 0.05) is 18.0 Å². The number of aromatic nitrogens is 1. The van der Waals surface area contributed by atoms with Crippen molar-refractivity contribution >= 4 is 22.8 Å². The predicted octanol–water partition coefficient (Wildman–Crippen LogP) is 3.80. The SMILES string of the molecule is CC(C)(C)C1CCC(C(=O)O)N(C(=O)c2cc3cc(F)cc(F)c3[nH]2)C1. The van der Waals surface area contributed by atoms with Crippen molar-refractivity contribution in [1.82, 2.24) is 9.88 Å². The van der Waals surface area contributed by atoms with E-state index in [4.69, 9.17) is 0 Å². The van der Waals surface area contributed by atoms with Crippen molar-refractivity contribution in [2.24, 2.45) is 11.3 Å². The summed E-state index contributed by atoms with van der Waals surface area (Å²) >= 11 is 0. The number of halogens is 2. The highest BCUT2D eigenvalue weighted by molar-refractivity contribution is 5.99. The third kappa shape index (κ3) is 3.30. The van der Waals surface area contributed by atoms with Gasteiger partial charge in [-0.15, -0.1) is 0 Å². The summed E-state index contributed by atoms with van der Waals surface area (Å²) in [5.74, 6) is -2.94. The molecular weight excluding hydrogens is 342 g/mol. The normalized spacial score (nSPS) is 21.2. The molecule has 1 amide bonds. The molecule has 0 saturated carbocycles. The third-order valence-corrected chi connectivity index (χ3v) is 5.23. The molecule has 2 heterocycles. The van der Waals surface area contributed by atoms with Gasteiger partial charge in [-0.25, -0.2) is 13.6 Å². The number of carbonyl (C=O) groups excluding carboxylic acids is 1. The van der Waals surface area contributed by atoms with Crippen LogP contribution < -0.4 is 0 Å². The van der Waals surface area contributed by atoms with Crippen LogP contribution in [0.5, 0.6) is 0 Å². The molecule has 0 spiro atoms. The number of carboxylic acids is 1. The predicted molar refractivity (Wildman–Crippen MR) is 92.9 cm³/mol. The van der Waals surface area contributed by atoms with Crippen molar-refractivity contribution in [3.63, 3.8) is 0 Å². The molecule has 1 fully saturated rings. The first-order valence-electron chi connectivity index (χ1n) is 8.59. The summed E-state index contributed by atoms with van der Waals surface area (Å²) in [5.41, 5.74) is 0.0221. The molecule has 1 saturated heterocycles. The second-order valence-electron chi connectivity index (χ2n) is 7.99. The van der Waals surface area contributed by atoms with E-state index < -0.39 is 29.6 Å². The first-order chi connectivity index (χ1) is 12.1. The fourth-order valence-corrected chi connectivity index (χ4v) is 3.59. The maximum atomic E-state index is 13.9. The van der Waals surface area contributed by atoms with Gasteiger partial charge in [-0.2, -0.15) is 0 Å². The number of carbonyl (C=O) groups is 2. The number of amides is 1. The van der Waals surface area contributed by atoms with Gasteiger partial charge in [-0.05, 0) is 36.3 Å². The fraction of sp³-hybridized carbons (Fsp3) is 0.474. The number of fused-ring (bicyclic) bond motifs is 1. The number of aromatic amines is 1. The highest BCUT2D eigenvalue weighted by Crippen LogP contribution is 2.36. The van der Waals surface area contributed by atoms with Crippen LogP contribution in [0.1, 0.15) is 44.1 Å². The number of benzene rings is 1. The average molecular weight is 364 g/mol. The van der Waals surface area contributed by atoms with Crippen LogP contribution in [0.15, 0.2) is 18.2 Å². The molecule has 1 aliphatic heterocycles. The van der Waals surface area contributed by atoms with E-state index >= 15 is 0 Å². The Morgan fingerprint density at radius 1 is 1.19 bits per heavy atom. The zero-order valence-corrected chi connectivity index (χ0v) is 15.0. The summed E-state index contributed by atoms with van der Waals surface area (Å²) in [6.07, 6.45) is 1.09. The zero-order valence-electron chi connectivity index (χ0n) is 15.0. The standard InChI is InChI=1S/C19H22F2N2O3/c1-19(2,3)11-4-5-15(18(25)26)23(9-11)17(24)14-7-10-6-12(20)8-13(21)16(10)22-14/h6-8,11,15,22H,4-5,9H2,1-3H3,(H,25,26). The molecule has 2 N–H and O–H groups in total. The Kier molecular flexibility index (Phi) is 4.50. The Morgan fingerprint density at radius 3 is 2.50 bits per heavy atom. The molecule has 2 atom stereocenters. The van der Waals surface area contributed by atoms with Crippen molar-refractivity contribution in [3.05, 3.63) is 35.5 Å². The number of piperidine rings is 1. The largest absolute Gasteiger partial charge is 0.480 e. The highest BCUT2D eigenvalue weighted by Gasteiger charge is 2.40. The zero-order chi connectivity index (χ0) is 19.2. The number of likely N-dealkylation sites (tertiary alicyclic amines) is 1. The van der Waals surface area contributed by atoms with Gasteiger partial charge in [0.1, 0.15) is 23.4 Å². The minimum atomic E-state index is -1.06. The summed E-state index contributed by atoms with van der Waals surface area (Å²) in [7, 11) is 0. The molecule has 1 aliphatic rings. The van der Waals surface area contributed by atoms with Gasteiger partial charge in [-0.1, -0.05) is 20.8 Å². The number of rotatable bonds is 2. The number of hydrogen-bond donors (Lipinski definition) is 2. The van der Waals surface area contributed by atoms with E-state index in [1.807, 2.05) is 0 Å². The molecule has 2 aromatic rings. The Bertz CT molecular complexity index is 870. The molecule has 7 heteroatoms. The first-order valence-corrected chi connectivity index (χ1v) is 8.59. The number of carboxylic acid groups (broad SMARTS) is 1. The van der Waals surface area contributed by atoms with E-state index in [1.54, 1.807) is 0 Å². The van der Waals surface area contributed by atoms with E-state index in [0.717, 1.165) is 18.6 Å². The van der Waals surface area contributed by atoms with Gasteiger partial charge in [0.2, 0.25) is 0 Å². The van der Waals surface area contributed by atoms with Gasteiger partial charge < -0.3 is 15.0 Å². The maximum Gasteiger partial charge on any atom is 0.326 e. The minimum Gasteiger partial charge on any atom is -0.480 e. The van der Waals surface area contributed by atoms with Gasteiger partial charge in [0.25, 0.3) is 5.91 Å². The van der Waals surface area contributed by atoms with Crippen molar-refractivity contribution in [1.29, 1.82) is 0 Å². The van der Waals surface area contributed by atoms with Gasteiger partial charge in [0.05, 0.1) is 5.52 Å². The molecule has 0 radical (unpaired) electrons. The van der Waals surface area contributed by atoms with Crippen LogP contribution in [0.2, 0.25) is 0 Å². The van der Waals surface area contributed by atoms with Gasteiger partial charge >= 0.3 is 5.97 Å². The number of H-pyrrole nitrogens is 1. The lowest BCUT2D eigenvalue weighted by atomic mass is 9.75. The Labute approximate surface area is 150 Å². The van der Waals surface area contributed by atoms with Crippen molar-refractivity contribution < 1.29 is 23.5 Å². The Hall–Kier alpha value is -2.44. The van der Waals surface area contributed by atoms with E-state index in [9.17, 15) is 23.5 Å². The number of hydrogen-bond acceptors (Lipinski definition) is 2. The smallest absolute Gasteiger partial charge is 0.326 e. The van der Waals surface area contributed by atoms with Crippen LogP contribution in [0, 0.1) is 23.0 Å². The lowest BCUT2D eigenvalue weighted by Gasteiger charge is -2.42. The lowest BCUT2D eigenvalue weighted by Crippen LogP contribution is -2.52. The first kappa shape index (κ1) is 18.4. The molecule has 3 rings (SSSR count). The van der Waals surface area contributed by atoms with Crippen LogP contribution in [0.25, 0.3) is 10.9 Å². The summed E-state index contributed by atoms with van der Waals surface area (Å²) in [6, 6.07) is 2.32. The van der Waals surface area contributed by atoms with E-state index in [2.05, 4.69) is 25.8 Å². The molecule has 1 aromatic heterocycles. The molecule has 140 valence electrons. The molecule has 0 bridgehead atoms. The Balaban J connectivity index is 1.97. The van der Waals surface area contributed by atoms with Crippen LogP contribution in [-0.2, 0) is 4.79 Å². The number of nitrogens with one attached hydrogen (secondary N) is 1. The monoisotopic (exact) mass is 364 g/mol. The average Bonchev–Trinajstić information content (AvgIpc) is 2.96. The second kappa shape index (κ2) is 6.37. The van der Waals surface area contributed by atoms with Gasteiger partial charge in [-0.3, -0.25) is 4.79 Å². The summed E-state index contributed by atoms with van der Waals surface area (Å²) in [6.45, 7) is 6.49. The van der Waals surface area contributed by atoms with E-state index in [0.29, 0.717) is 13.0 Å². The van der Waals surface area contributed by atoms with Crippen molar-refractivity contribution in [2.45, 2.75) is 39.7 Å². The molecule has 0 aliphatic carbocycles. The van der Waals surface area contributed by atoms with Gasteiger partial charge in [0.15, 0.2) is 0 Å². The van der Waals surface area contributed by atoms with Crippen LogP contribution >= 0.6 is 0 Å². The fourth-order valence-electron chi connectivity index (χ4n) is 3.59. The van der Waals surface area contributed by atoms with Crippen LogP contribution in [0.4, 0.5) is 8.78 Å². The van der Waals surface area contributed by atoms with Crippen LogP contribution in [0.3, 0.4) is 0 Å². The minimum absolute atomic E-state index is 0.0333. The molecule has 1 aromatic carbocycles. The summed E-state index contributed by atoms with van der Waals surface area (Å²) in [4.78, 5) is 28.6. The summed E-state index contributed by atoms with van der Waals surface area (Å²) < 4.78 is 27.3. The quantitative estimate of drug-likeness (QED) is 0.851. The summed E-state index contributed by atoms with van der Waals surface area (Å²) in [5, 5.41) is 9.74. The maximum absolute atomic E-state index is 13.9. The van der Waals surface area contributed by atoms with Crippen LogP contribution in [-0.4, -0.2) is 39.5 Å². The second-order valence-corrected chi connectivity index (χ2v) is 7.99. The highest BCUT2D eigenvalue weighted by atomic mass is 19.1. The molecule has 26 heavy (non-hydrogen) atoms. The topological polar surface area (TPSA) is 73.4 Å². The van der Waals surface area contributed by atoms with Crippen molar-refractivity contribution in [3.8, 4) is 0 Å². The Morgan fingerprint density at radius 2 is 1.88 bits per heavy atom.